The minimum atomic E-state index is 0.144. The first kappa shape index (κ1) is 11.4. The third-order valence-corrected chi connectivity index (χ3v) is 3.13. The van der Waals surface area contributed by atoms with Gasteiger partial charge in [0.15, 0.2) is 5.78 Å². The molecule has 1 aromatic rings. The predicted molar refractivity (Wildman–Crippen MR) is 64.6 cm³/mol. The number of ketones is 1. The number of alkyl halides is 1. The van der Waals surface area contributed by atoms with Crippen molar-refractivity contribution in [2.75, 3.05) is 5.33 Å². The molecule has 0 fully saturated rings. The van der Waals surface area contributed by atoms with Crippen LogP contribution in [0, 0.1) is 0 Å². The SMILES string of the molecule is O=C(CCBr)c1cc(Br)ccc1Br. The molecule has 1 aromatic carbocycles. The number of benzene rings is 1. The molecule has 0 unspecified atom stereocenters. The second-order valence-electron chi connectivity index (χ2n) is 2.49. The van der Waals surface area contributed by atoms with E-state index in [1.807, 2.05) is 18.2 Å². The third kappa shape index (κ3) is 3.18. The summed E-state index contributed by atoms with van der Waals surface area (Å²) in [6.07, 6.45) is 0.523. The number of rotatable bonds is 3. The van der Waals surface area contributed by atoms with E-state index in [1.54, 1.807) is 0 Å². The second-order valence-corrected chi connectivity index (χ2v) is 5.05. The lowest BCUT2D eigenvalue weighted by Crippen LogP contribution is -2.00. The summed E-state index contributed by atoms with van der Waals surface area (Å²) in [5, 5.41) is 0.699. The van der Waals surface area contributed by atoms with Gasteiger partial charge in [0.1, 0.15) is 0 Å². The molecule has 0 atom stereocenters. The minimum absolute atomic E-state index is 0.144. The summed E-state index contributed by atoms with van der Waals surface area (Å²) >= 11 is 9.92. The van der Waals surface area contributed by atoms with Crippen molar-refractivity contribution in [3.63, 3.8) is 0 Å². The Morgan fingerprint density at radius 1 is 1.31 bits per heavy atom. The normalized spacial score (nSPS) is 10.1. The summed E-state index contributed by atoms with van der Waals surface area (Å²) in [5.74, 6) is 0.144. The Morgan fingerprint density at radius 3 is 2.62 bits per heavy atom. The molecule has 0 amide bonds. The van der Waals surface area contributed by atoms with Gasteiger partial charge in [-0.2, -0.15) is 0 Å². The minimum Gasteiger partial charge on any atom is -0.294 e. The van der Waals surface area contributed by atoms with E-state index in [0.717, 1.165) is 14.5 Å². The van der Waals surface area contributed by atoms with Gasteiger partial charge >= 0.3 is 0 Å². The maximum atomic E-state index is 11.5. The van der Waals surface area contributed by atoms with Crippen molar-refractivity contribution in [3.8, 4) is 0 Å². The first-order valence-corrected chi connectivity index (χ1v) is 6.40. The first-order chi connectivity index (χ1) is 6.15. The van der Waals surface area contributed by atoms with Gasteiger partial charge in [-0.05, 0) is 18.2 Å². The number of Topliss-reactive ketones (excluding diaryl/α,β-unsaturated/α-hetero) is 1. The van der Waals surface area contributed by atoms with Crippen molar-refractivity contribution in [3.05, 3.63) is 32.7 Å². The standard InChI is InChI=1S/C9H7Br3O/c10-4-3-9(13)7-5-6(11)1-2-8(7)12/h1-2,5H,3-4H2. The van der Waals surface area contributed by atoms with Gasteiger partial charge in [0.2, 0.25) is 0 Å². The number of hydrogen-bond donors (Lipinski definition) is 0. The average Bonchev–Trinajstić information content (AvgIpc) is 2.09. The monoisotopic (exact) mass is 368 g/mol. The van der Waals surface area contributed by atoms with Crippen LogP contribution in [0.2, 0.25) is 0 Å². The Morgan fingerprint density at radius 2 is 2.00 bits per heavy atom. The Hall–Kier alpha value is 0.330. The van der Waals surface area contributed by atoms with E-state index in [9.17, 15) is 4.79 Å². The number of carbonyl (C=O) groups excluding carboxylic acids is 1. The molecule has 0 radical (unpaired) electrons. The van der Waals surface area contributed by atoms with Crippen LogP contribution in [0.5, 0.6) is 0 Å². The molecular formula is C9H7Br3O. The van der Waals surface area contributed by atoms with E-state index in [0.29, 0.717) is 11.8 Å². The second kappa shape index (κ2) is 5.27. The molecule has 0 saturated heterocycles. The molecule has 0 saturated carbocycles. The van der Waals surface area contributed by atoms with Crippen LogP contribution in [0.15, 0.2) is 27.1 Å². The summed E-state index contributed by atoms with van der Waals surface area (Å²) in [7, 11) is 0. The van der Waals surface area contributed by atoms with Crippen LogP contribution in [-0.2, 0) is 0 Å². The van der Waals surface area contributed by atoms with E-state index >= 15 is 0 Å². The summed E-state index contributed by atoms with van der Waals surface area (Å²) in [4.78, 5) is 11.5. The fraction of sp³-hybridized carbons (Fsp3) is 0.222. The Labute approximate surface area is 102 Å². The summed E-state index contributed by atoms with van der Waals surface area (Å²) in [6, 6.07) is 5.59. The van der Waals surface area contributed by atoms with Crippen LogP contribution in [0.3, 0.4) is 0 Å². The summed E-state index contributed by atoms with van der Waals surface area (Å²) in [6.45, 7) is 0. The highest BCUT2D eigenvalue weighted by Gasteiger charge is 2.09. The van der Waals surface area contributed by atoms with Gasteiger partial charge in [-0.3, -0.25) is 4.79 Å². The van der Waals surface area contributed by atoms with Gasteiger partial charge in [0.25, 0.3) is 0 Å². The lowest BCUT2D eigenvalue weighted by molar-refractivity contribution is 0.0989. The molecule has 70 valence electrons. The predicted octanol–water partition coefficient (Wildman–Crippen LogP) is 4.18. The van der Waals surface area contributed by atoms with Crippen LogP contribution in [0.4, 0.5) is 0 Å². The van der Waals surface area contributed by atoms with Gasteiger partial charge in [-0.15, -0.1) is 0 Å². The zero-order chi connectivity index (χ0) is 9.84. The molecule has 0 aliphatic rings. The fourth-order valence-corrected chi connectivity index (χ4v) is 2.12. The number of hydrogen-bond acceptors (Lipinski definition) is 1. The van der Waals surface area contributed by atoms with Gasteiger partial charge < -0.3 is 0 Å². The smallest absolute Gasteiger partial charge is 0.164 e. The van der Waals surface area contributed by atoms with Crippen LogP contribution in [0.25, 0.3) is 0 Å². The van der Waals surface area contributed by atoms with Crippen molar-refractivity contribution in [2.24, 2.45) is 0 Å². The fourth-order valence-electron chi connectivity index (χ4n) is 0.932. The topological polar surface area (TPSA) is 17.1 Å². The molecule has 1 rings (SSSR count). The van der Waals surface area contributed by atoms with E-state index in [4.69, 9.17) is 0 Å². The quantitative estimate of drug-likeness (QED) is 0.576. The van der Waals surface area contributed by atoms with Crippen molar-refractivity contribution >= 4 is 53.6 Å². The van der Waals surface area contributed by atoms with Crippen molar-refractivity contribution in [2.45, 2.75) is 6.42 Å². The zero-order valence-corrected chi connectivity index (χ0v) is 11.4. The highest BCUT2D eigenvalue weighted by atomic mass is 79.9. The van der Waals surface area contributed by atoms with E-state index in [1.165, 1.54) is 0 Å². The van der Waals surface area contributed by atoms with Gasteiger partial charge in [-0.25, -0.2) is 0 Å². The van der Waals surface area contributed by atoms with Crippen molar-refractivity contribution in [1.29, 1.82) is 0 Å². The summed E-state index contributed by atoms with van der Waals surface area (Å²) in [5.41, 5.74) is 0.730. The average molecular weight is 371 g/mol. The maximum absolute atomic E-state index is 11.5. The van der Waals surface area contributed by atoms with Crippen LogP contribution in [0.1, 0.15) is 16.8 Å². The number of carbonyl (C=O) groups is 1. The molecule has 0 aliphatic carbocycles. The Kier molecular flexibility index (Phi) is 4.62. The van der Waals surface area contributed by atoms with Crippen molar-refractivity contribution < 1.29 is 4.79 Å². The molecule has 0 aromatic heterocycles. The summed E-state index contributed by atoms with van der Waals surface area (Å²) < 4.78 is 1.77. The Bertz CT molecular complexity index is 323. The van der Waals surface area contributed by atoms with Crippen LogP contribution in [-0.4, -0.2) is 11.1 Å². The molecule has 0 spiro atoms. The molecule has 0 heterocycles. The molecular weight excluding hydrogens is 364 g/mol. The first-order valence-electron chi connectivity index (χ1n) is 3.69. The highest BCUT2D eigenvalue weighted by molar-refractivity contribution is 9.11. The van der Waals surface area contributed by atoms with E-state index < -0.39 is 0 Å². The molecule has 0 bridgehead atoms. The third-order valence-electron chi connectivity index (χ3n) is 1.55. The lowest BCUT2D eigenvalue weighted by Gasteiger charge is -2.02. The molecule has 0 aliphatic heterocycles. The molecule has 0 N–H and O–H groups in total. The maximum Gasteiger partial charge on any atom is 0.164 e. The van der Waals surface area contributed by atoms with E-state index in [2.05, 4.69) is 47.8 Å². The van der Waals surface area contributed by atoms with Crippen molar-refractivity contribution in [1.82, 2.24) is 0 Å². The zero-order valence-electron chi connectivity index (χ0n) is 6.69. The Balaban J connectivity index is 2.99. The molecule has 1 nitrogen and oxygen atoms in total. The highest BCUT2D eigenvalue weighted by Crippen LogP contribution is 2.22. The van der Waals surface area contributed by atoms with Crippen LogP contribution < -0.4 is 0 Å². The van der Waals surface area contributed by atoms with Gasteiger partial charge in [0.05, 0.1) is 0 Å². The van der Waals surface area contributed by atoms with Gasteiger partial charge in [-0.1, -0.05) is 47.8 Å². The van der Waals surface area contributed by atoms with Crippen LogP contribution >= 0.6 is 47.8 Å². The van der Waals surface area contributed by atoms with E-state index in [-0.39, 0.29) is 5.78 Å². The molecule has 13 heavy (non-hydrogen) atoms. The van der Waals surface area contributed by atoms with Gasteiger partial charge in [0, 0.05) is 26.3 Å². The largest absolute Gasteiger partial charge is 0.294 e. The lowest BCUT2D eigenvalue weighted by atomic mass is 10.1. The molecule has 4 heteroatoms. The number of halogens is 3.